The first kappa shape index (κ1) is 20.5. The van der Waals surface area contributed by atoms with Crippen molar-refractivity contribution in [2.45, 2.75) is 25.3 Å². The van der Waals surface area contributed by atoms with Gasteiger partial charge < -0.3 is 15.1 Å². The summed E-state index contributed by atoms with van der Waals surface area (Å²) in [5.41, 5.74) is 2.68. The molecule has 0 spiro atoms. The second-order valence-corrected chi connectivity index (χ2v) is 8.71. The van der Waals surface area contributed by atoms with Crippen LogP contribution in [0.3, 0.4) is 0 Å². The maximum absolute atomic E-state index is 12.9. The minimum atomic E-state index is 0.0115. The first-order valence-electron chi connectivity index (χ1n) is 10.9. The largest absolute Gasteiger partial charge is 0.364 e. The van der Waals surface area contributed by atoms with Crippen LogP contribution in [0.15, 0.2) is 42.5 Å². The molecule has 1 aromatic heterocycles. The van der Waals surface area contributed by atoms with E-state index in [1.165, 1.54) is 6.42 Å². The Morgan fingerprint density at radius 1 is 1.03 bits per heavy atom. The van der Waals surface area contributed by atoms with Gasteiger partial charge in [0.1, 0.15) is 0 Å². The zero-order chi connectivity index (χ0) is 22.1. The van der Waals surface area contributed by atoms with Crippen molar-refractivity contribution in [3.05, 3.63) is 58.6 Å². The minimum absolute atomic E-state index is 0.0115. The quantitative estimate of drug-likeness (QED) is 0.649. The van der Waals surface area contributed by atoms with Gasteiger partial charge in [-0.05, 0) is 61.7 Å². The molecule has 0 radical (unpaired) electrons. The van der Waals surface area contributed by atoms with Crippen LogP contribution in [0, 0.1) is 11.3 Å². The summed E-state index contributed by atoms with van der Waals surface area (Å²) >= 11 is 5.95. The molecule has 3 aromatic rings. The first-order chi connectivity index (χ1) is 15.6. The number of piperazine rings is 1. The molecule has 2 aromatic carbocycles. The molecule has 0 unspecified atom stereocenters. The molecule has 2 fully saturated rings. The topological polar surface area (TPSA) is 85.2 Å². The fourth-order valence-electron chi connectivity index (χ4n) is 4.07. The molecule has 7 nitrogen and oxygen atoms in total. The average Bonchev–Trinajstić information content (AvgIpc) is 2.80. The van der Waals surface area contributed by atoms with Crippen LogP contribution in [0.2, 0.25) is 5.02 Å². The lowest BCUT2D eigenvalue weighted by atomic mass is 9.93. The van der Waals surface area contributed by atoms with Gasteiger partial charge in [-0.25, -0.2) is 9.97 Å². The number of hydrogen-bond acceptors (Lipinski definition) is 6. The number of benzene rings is 2. The summed E-state index contributed by atoms with van der Waals surface area (Å²) in [6.45, 7) is 2.53. The van der Waals surface area contributed by atoms with Crippen molar-refractivity contribution in [1.29, 1.82) is 5.26 Å². The number of carbonyl (C=O) groups is 1. The lowest BCUT2D eigenvalue weighted by Gasteiger charge is -2.37. The predicted molar refractivity (Wildman–Crippen MR) is 125 cm³/mol. The second kappa shape index (κ2) is 8.64. The van der Waals surface area contributed by atoms with E-state index in [1.807, 2.05) is 11.0 Å². The molecule has 1 aliphatic heterocycles. The van der Waals surface area contributed by atoms with Gasteiger partial charge >= 0.3 is 0 Å². The van der Waals surface area contributed by atoms with Crippen molar-refractivity contribution in [1.82, 2.24) is 14.9 Å². The van der Waals surface area contributed by atoms with Crippen LogP contribution >= 0.6 is 11.6 Å². The summed E-state index contributed by atoms with van der Waals surface area (Å²) < 4.78 is 0. The van der Waals surface area contributed by atoms with Crippen molar-refractivity contribution < 1.29 is 4.79 Å². The molecule has 32 heavy (non-hydrogen) atoms. The van der Waals surface area contributed by atoms with Crippen molar-refractivity contribution in [3.63, 3.8) is 0 Å². The summed E-state index contributed by atoms with van der Waals surface area (Å²) in [6.07, 6.45) is 3.50. The van der Waals surface area contributed by atoms with Crippen LogP contribution in [-0.4, -0.2) is 53.0 Å². The van der Waals surface area contributed by atoms with Gasteiger partial charge in [0.15, 0.2) is 11.6 Å². The minimum Gasteiger partial charge on any atom is -0.364 e. The van der Waals surface area contributed by atoms with E-state index in [2.05, 4.69) is 16.3 Å². The molecule has 8 heteroatoms. The molecule has 1 saturated heterocycles. The van der Waals surface area contributed by atoms with Gasteiger partial charge in [0.05, 0.1) is 22.7 Å². The van der Waals surface area contributed by atoms with Crippen LogP contribution in [0.1, 0.15) is 35.2 Å². The number of amides is 1. The van der Waals surface area contributed by atoms with E-state index in [4.69, 9.17) is 21.6 Å². The Labute approximate surface area is 191 Å². The van der Waals surface area contributed by atoms with Crippen LogP contribution in [0.4, 0.5) is 11.6 Å². The molecule has 2 aliphatic rings. The SMILES string of the molecule is N#Cc1ccc2nc(NC3CCC3)c(N3CCN(C(=O)c4ccc(Cl)cc4)CC3)nc2c1. The lowest BCUT2D eigenvalue weighted by molar-refractivity contribution is 0.0746. The second-order valence-electron chi connectivity index (χ2n) is 8.27. The Balaban J connectivity index is 1.38. The van der Waals surface area contributed by atoms with Crippen LogP contribution in [0.5, 0.6) is 0 Å². The number of rotatable bonds is 4. The van der Waals surface area contributed by atoms with E-state index in [0.29, 0.717) is 53.9 Å². The summed E-state index contributed by atoms with van der Waals surface area (Å²) in [5, 5.41) is 13.4. The van der Waals surface area contributed by atoms with E-state index in [1.54, 1.807) is 36.4 Å². The number of anilines is 2. The summed E-state index contributed by atoms with van der Waals surface area (Å²) in [7, 11) is 0. The number of fused-ring (bicyclic) bond motifs is 1. The predicted octanol–water partition coefficient (Wildman–Crippen LogP) is 4.08. The van der Waals surface area contributed by atoms with Gasteiger partial charge in [-0.1, -0.05) is 11.6 Å². The highest BCUT2D eigenvalue weighted by Crippen LogP contribution is 2.30. The van der Waals surface area contributed by atoms with E-state index < -0.39 is 0 Å². The van der Waals surface area contributed by atoms with E-state index >= 15 is 0 Å². The molecule has 0 bridgehead atoms. The third kappa shape index (κ3) is 4.06. The van der Waals surface area contributed by atoms with E-state index in [0.717, 1.165) is 30.0 Å². The maximum Gasteiger partial charge on any atom is 0.253 e. The normalized spacial score (nSPS) is 16.5. The smallest absolute Gasteiger partial charge is 0.253 e. The van der Waals surface area contributed by atoms with Gasteiger partial charge in [-0.2, -0.15) is 5.26 Å². The molecular weight excluding hydrogens is 424 g/mol. The zero-order valence-electron chi connectivity index (χ0n) is 17.6. The number of nitrogens with zero attached hydrogens (tertiary/aromatic N) is 5. The van der Waals surface area contributed by atoms with Crippen molar-refractivity contribution in [2.75, 3.05) is 36.4 Å². The first-order valence-corrected chi connectivity index (χ1v) is 11.3. The highest BCUT2D eigenvalue weighted by atomic mass is 35.5. The fourth-order valence-corrected chi connectivity index (χ4v) is 4.20. The third-order valence-electron chi connectivity index (χ3n) is 6.18. The summed E-state index contributed by atoms with van der Waals surface area (Å²) in [5.74, 6) is 1.58. The van der Waals surface area contributed by atoms with Crippen molar-refractivity contribution in [3.8, 4) is 6.07 Å². The van der Waals surface area contributed by atoms with E-state index in [-0.39, 0.29) is 5.91 Å². The Hall–Kier alpha value is -3.37. The monoisotopic (exact) mass is 446 g/mol. The molecule has 0 atom stereocenters. The Morgan fingerprint density at radius 2 is 1.78 bits per heavy atom. The highest BCUT2D eigenvalue weighted by Gasteiger charge is 2.27. The number of nitriles is 1. The zero-order valence-corrected chi connectivity index (χ0v) is 18.3. The van der Waals surface area contributed by atoms with Crippen LogP contribution in [-0.2, 0) is 0 Å². The Morgan fingerprint density at radius 3 is 2.44 bits per heavy atom. The number of hydrogen-bond donors (Lipinski definition) is 1. The van der Waals surface area contributed by atoms with Gasteiger partial charge in [0.25, 0.3) is 5.91 Å². The Bertz CT molecular complexity index is 1190. The average molecular weight is 447 g/mol. The van der Waals surface area contributed by atoms with Crippen LogP contribution < -0.4 is 10.2 Å². The molecule has 2 heterocycles. The standard InChI is InChI=1S/C24H23ClN6O/c25-18-7-5-17(6-8-18)24(32)31-12-10-30(11-13-31)23-22(27-19-2-1-3-19)28-20-9-4-16(15-26)14-21(20)29-23/h4-9,14,19H,1-3,10-13H2,(H,27,28). The highest BCUT2D eigenvalue weighted by molar-refractivity contribution is 6.30. The van der Waals surface area contributed by atoms with E-state index in [9.17, 15) is 10.1 Å². The van der Waals surface area contributed by atoms with Crippen molar-refractivity contribution >= 4 is 40.2 Å². The molecule has 5 rings (SSSR count). The molecule has 162 valence electrons. The number of halogens is 1. The van der Waals surface area contributed by atoms with Crippen LogP contribution in [0.25, 0.3) is 11.0 Å². The number of aromatic nitrogens is 2. The van der Waals surface area contributed by atoms with Gasteiger partial charge in [0.2, 0.25) is 0 Å². The molecule has 1 aliphatic carbocycles. The summed E-state index contributed by atoms with van der Waals surface area (Å²) in [6, 6.07) is 15.0. The summed E-state index contributed by atoms with van der Waals surface area (Å²) in [4.78, 5) is 26.6. The molecule has 1 saturated carbocycles. The lowest BCUT2D eigenvalue weighted by Crippen LogP contribution is -2.49. The molecule has 1 amide bonds. The maximum atomic E-state index is 12.9. The molecule has 1 N–H and O–H groups in total. The number of carbonyl (C=O) groups excluding carboxylic acids is 1. The number of nitrogens with one attached hydrogen (secondary N) is 1. The third-order valence-corrected chi connectivity index (χ3v) is 6.43. The van der Waals surface area contributed by atoms with Gasteiger partial charge in [-0.3, -0.25) is 4.79 Å². The van der Waals surface area contributed by atoms with Gasteiger partial charge in [-0.15, -0.1) is 0 Å². The Kier molecular flexibility index (Phi) is 5.54. The van der Waals surface area contributed by atoms with Gasteiger partial charge in [0, 0.05) is 42.8 Å². The van der Waals surface area contributed by atoms with Crippen molar-refractivity contribution in [2.24, 2.45) is 0 Å². The molecular formula is C24H23ClN6O. The fraction of sp³-hybridized carbons (Fsp3) is 0.333.